The molecule has 0 aliphatic heterocycles. The third-order valence-corrected chi connectivity index (χ3v) is 4.59. The van der Waals surface area contributed by atoms with Crippen molar-refractivity contribution in [1.82, 2.24) is 19.5 Å². The molecule has 0 saturated heterocycles. The van der Waals surface area contributed by atoms with Crippen molar-refractivity contribution in [2.75, 3.05) is 36.5 Å². The SMILES string of the molecule is CCCn1cnc2c(NCc3ccc(Cl)cc3)nc(N(CCN)CCO)nc21. The van der Waals surface area contributed by atoms with Crippen LogP contribution in [0.25, 0.3) is 11.2 Å². The summed E-state index contributed by atoms with van der Waals surface area (Å²) in [6, 6.07) is 7.66. The lowest BCUT2D eigenvalue weighted by molar-refractivity contribution is 0.301. The summed E-state index contributed by atoms with van der Waals surface area (Å²) < 4.78 is 2.02. The summed E-state index contributed by atoms with van der Waals surface area (Å²) >= 11 is 5.96. The van der Waals surface area contributed by atoms with Gasteiger partial charge in [-0.05, 0) is 24.1 Å². The summed E-state index contributed by atoms with van der Waals surface area (Å²) in [5.41, 5.74) is 8.31. The predicted octanol–water partition coefficient (Wildman–Crippen LogP) is 2.26. The van der Waals surface area contributed by atoms with Gasteiger partial charge in [0.25, 0.3) is 0 Å². The smallest absolute Gasteiger partial charge is 0.229 e. The largest absolute Gasteiger partial charge is 0.395 e. The number of benzene rings is 1. The first-order valence-corrected chi connectivity index (χ1v) is 9.81. The van der Waals surface area contributed by atoms with Gasteiger partial charge in [0.1, 0.15) is 0 Å². The third-order valence-electron chi connectivity index (χ3n) is 4.34. The number of anilines is 2. The Morgan fingerprint density at radius 2 is 2.00 bits per heavy atom. The molecule has 4 N–H and O–H groups in total. The van der Waals surface area contributed by atoms with Crippen LogP contribution in [0, 0.1) is 0 Å². The van der Waals surface area contributed by atoms with E-state index in [1.807, 2.05) is 33.7 Å². The van der Waals surface area contributed by atoms with Crippen LogP contribution in [0.5, 0.6) is 0 Å². The van der Waals surface area contributed by atoms with Gasteiger partial charge in [-0.1, -0.05) is 30.7 Å². The monoisotopic (exact) mass is 403 g/mol. The molecule has 28 heavy (non-hydrogen) atoms. The topological polar surface area (TPSA) is 105 Å². The number of aryl methyl sites for hydroxylation is 1. The molecule has 0 atom stereocenters. The van der Waals surface area contributed by atoms with Gasteiger partial charge >= 0.3 is 0 Å². The highest BCUT2D eigenvalue weighted by molar-refractivity contribution is 6.30. The van der Waals surface area contributed by atoms with Crippen LogP contribution in [0.3, 0.4) is 0 Å². The zero-order valence-electron chi connectivity index (χ0n) is 16.0. The van der Waals surface area contributed by atoms with Crippen molar-refractivity contribution in [1.29, 1.82) is 0 Å². The number of imidazole rings is 1. The van der Waals surface area contributed by atoms with Crippen LogP contribution in [-0.2, 0) is 13.1 Å². The van der Waals surface area contributed by atoms with Gasteiger partial charge in [0.2, 0.25) is 5.95 Å². The highest BCUT2D eigenvalue weighted by Crippen LogP contribution is 2.23. The van der Waals surface area contributed by atoms with E-state index in [0.29, 0.717) is 43.0 Å². The molecule has 0 amide bonds. The lowest BCUT2D eigenvalue weighted by atomic mass is 10.2. The summed E-state index contributed by atoms with van der Waals surface area (Å²) in [6.07, 6.45) is 2.76. The van der Waals surface area contributed by atoms with E-state index in [1.165, 1.54) is 0 Å². The second-order valence-corrected chi connectivity index (χ2v) is 6.90. The fourth-order valence-corrected chi connectivity index (χ4v) is 3.10. The molecule has 0 saturated carbocycles. The van der Waals surface area contributed by atoms with E-state index in [0.717, 1.165) is 29.7 Å². The Labute approximate surface area is 169 Å². The van der Waals surface area contributed by atoms with E-state index in [-0.39, 0.29) is 6.61 Å². The minimum absolute atomic E-state index is 0.00313. The average Bonchev–Trinajstić information content (AvgIpc) is 3.10. The summed E-state index contributed by atoms with van der Waals surface area (Å²) in [5, 5.41) is 13.5. The molecule has 0 bridgehead atoms. The van der Waals surface area contributed by atoms with E-state index >= 15 is 0 Å². The first kappa shape index (κ1) is 20.3. The molecule has 3 rings (SSSR count). The van der Waals surface area contributed by atoms with Gasteiger partial charge in [-0.3, -0.25) is 0 Å². The molecule has 3 aromatic rings. The number of rotatable bonds is 10. The maximum Gasteiger partial charge on any atom is 0.229 e. The quantitative estimate of drug-likeness (QED) is 0.476. The lowest BCUT2D eigenvalue weighted by Gasteiger charge is -2.21. The molecule has 0 radical (unpaired) electrons. The number of aliphatic hydroxyl groups is 1. The summed E-state index contributed by atoms with van der Waals surface area (Å²) in [4.78, 5) is 15.8. The number of fused-ring (bicyclic) bond motifs is 1. The first-order valence-electron chi connectivity index (χ1n) is 9.43. The molecule has 1 aromatic carbocycles. The molecule has 0 spiro atoms. The van der Waals surface area contributed by atoms with E-state index in [1.54, 1.807) is 6.33 Å². The number of aliphatic hydroxyl groups excluding tert-OH is 1. The van der Waals surface area contributed by atoms with Crippen molar-refractivity contribution in [2.45, 2.75) is 26.4 Å². The molecule has 2 heterocycles. The van der Waals surface area contributed by atoms with Crippen LogP contribution in [0.2, 0.25) is 5.02 Å². The van der Waals surface area contributed by atoms with Crippen LogP contribution in [0.4, 0.5) is 11.8 Å². The molecular weight excluding hydrogens is 378 g/mol. The number of nitrogens with two attached hydrogens (primary N) is 1. The van der Waals surface area contributed by atoms with Crippen LogP contribution < -0.4 is 16.0 Å². The van der Waals surface area contributed by atoms with Crippen molar-refractivity contribution in [3.8, 4) is 0 Å². The summed E-state index contributed by atoms with van der Waals surface area (Å²) in [6.45, 7) is 4.94. The second kappa shape index (κ2) is 9.68. The van der Waals surface area contributed by atoms with Gasteiger partial charge in [0.05, 0.1) is 12.9 Å². The molecule has 0 aliphatic rings. The number of hydrogen-bond donors (Lipinski definition) is 3. The van der Waals surface area contributed by atoms with Crippen molar-refractivity contribution in [3.63, 3.8) is 0 Å². The van der Waals surface area contributed by atoms with Crippen LogP contribution in [0.15, 0.2) is 30.6 Å². The minimum atomic E-state index is 0.00313. The number of aromatic nitrogens is 4. The lowest BCUT2D eigenvalue weighted by Crippen LogP contribution is -2.33. The Hall–Kier alpha value is -2.42. The summed E-state index contributed by atoms with van der Waals surface area (Å²) in [7, 11) is 0. The Morgan fingerprint density at radius 3 is 2.68 bits per heavy atom. The standard InChI is InChI=1S/C19H26ClN7O/c1-2-8-27-13-23-16-17(22-12-14-3-5-15(20)6-4-14)24-19(25-18(16)27)26(9-7-21)10-11-28/h3-6,13,28H,2,7-12,21H2,1H3,(H,22,24,25). The molecule has 150 valence electrons. The average molecular weight is 404 g/mol. The minimum Gasteiger partial charge on any atom is -0.395 e. The van der Waals surface area contributed by atoms with Crippen LogP contribution in [-0.4, -0.2) is 50.9 Å². The zero-order valence-corrected chi connectivity index (χ0v) is 16.7. The van der Waals surface area contributed by atoms with Gasteiger partial charge in [0, 0.05) is 37.7 Å². The van der Waals surface area contributed by atoms with Gasteiger partial charge in [-0.2, -0.15) is 9.97 Å². The zero-order chi connectivity index (χ0) is 19.9. The maximum absolute atomic E-state index is 9.40. The Kier molecular flexibility index (Phi) is 7.02. The fourth-order valence-electron chi connectivity index (χ4n) is 2.98. The van der Waals surface area contributed by atoms with Crippen LogP contribution in [0.1, 0.15) is 18.9 Å². The number of halogens is 1. The van der Waals surface area contributed by atoms with E-state index in [4.69, 9.17) is 22.3 Å². The first-order chi connectivity index (χ1) is 13.7. The Morgan fingerprint density at radius 1 is 1.21 bits per heavy atom. The highest BCUT2D eigenvalue weighted by atomic mass is 35.5. The normalized spacial score (nSPS) is 11.1. The molecule has 2 aromatic heterocycles. The Bertz CT molecular complexity index is 891. The maximum atomic E-state index is 9.40. The van der Waals surface area contributed by atoms with Crippen molar-refractivity contribution >= 4 is 34.5 Å². The molecule has 0 fully saturated rings. The van der Waals surface area contributed by atoms with Gasteiger partial charge < -0.3 is 25.6 Å². The molecular formula is C19H26ClN7O. The van der Waals surface area contributed by atoms with E-state index in [2.05, 4.69) is 22.2 Å². The predicted molar refractivity (Wildman–Crippen MR) is 113 cm³/mol. The molecule has 9 heteroatoms. The van der Waals surface area contributed by atoms with Crippen molar-refractivity contribution in [2.24, 2.45) is 5.73 Å². The second-order valence-electron chi connectivity index (χ2n) is 6.46. The van der Waals surface area contributed by atoms with Crippen molar-refractivity contribution in [3.05, 3.63) is 41.2 Å². The summed E-state index contributed by atoms with van der Waals surface area (Å²) in [5.74, 6) is 1.19. The van der Waals surface area contributed by atoms with Gasteiger partial charge in [-0.15, -0.1) is 0 Å². The molecule has 8 nitrogen and oxygen atoms in total. The van der Waals surface area contributed by atoms with Gasteiger partial charge in [-0.25, -0.2) is 4.98 Å². The molecule has 0 unspecified atom stereocenters. The number of hydrogen-bond acceptors (Lipinski definition) is 7. The highest BCUT2D eigenvalue weighted by Gasteiger charge is 2.17. The number of nitrogens with one attached hydrogen (secondary N) is 1. The van der Waals surface area contributed by atoms with Gasteiger partial charge in [0.15, 0.2) is 17.0 Å². The Balaban J connectivity index is 1.97. The van der Waals surface area contributed by atoms with E-state index in [9.17, 15) is 5.11 Å². The number of nitrogens with zero attached hydrogens (tertiary/aromatic N) is 5. The fraction of sp³-hybridized carbons (Fsp3) is 0.421. The molecule has 0 aliphatic carbocycles. The third kappa shape index (κ3) is 4.70. The van der Waals surface area contributed by atoms with Crippen molar-refractivity contribution < 1.29 is 5.11 Å². The van der Waals surface area contributed by atoms with Crippen LogP contribution >= 0.6 is 11.6 Å². The van der Waals surface area contributed by atoms with E-state index < -0.39 is 0 Å².